The van der Waals surface area contributed by atoms with Gasteiger partial charge < -0.3 is 10.2 Å². The van der Waals surface area contributed by atoms with E-state index in [9.17, 15) is 9.59 Å². The predicted molar refractivity (Wildman–Crippen MR) is 109 cm³/mol. The quantitative estimate of drug-likeness (QED) is 0.844. The van der Waals surface area contributed by atoms with Crippen LogP contribution in [0.3, 0.4) is 0 Å². The van der Waals surface area contributed by atoms with Crippen LogP contribution in [0.25, 0.3) is 0 Å². The number of hydrogen-bond acceptors (Lipinski definition) is 2. The maximum atomic E-state index is 13.1. The van der Waals surface area contributed by atoms with Crippen molar-refractivity contribution in [3.8, 4) is 0 Å². The Hall–Kier alpha value is -2.62. The highest BCUT2D eigenvalue weighted by molar-refractivity contribution is 5.88. The third-order valence-corrected chi connectivity index (χ3v) is 4.46. The number of rotatable bonds is 6. The number of carbonyl (C=O) groups is 2. The number of benzene rings is 2. The zero-order valence-electron chi connectivity index (χ0n) is 17.0. The second-order valence-corrected chi connectivity index (χ2v) is 8.03. The Morgan fingerprint density at radius 1 is 1.00 bits per heavy atom. The van der Waals surface area contributed by atoms with Gasteiger partial charge in [0.15, 0.2) is 0 Å². The molecule has 0 saturated carbocycles. The molecule has 0 fully saturated rings. The Morgan fingerprint density at radius 2 is 1.59 bits per heavy atom. The molecule has 0 radical (unpaired) electrons. The van der Waals surface area contributed by atoms with E-state index in [-0.39, 0.29) is 23.8 Å². The Morgan fingerprint density at radius 3 is 2.19 bits per heavy atom. The highest BCUT2D eigenvalue weighted by Gasteiger charge is 2.28. The van der Waals surface area contributed by atoms with Gasteiger partial charge in [-0.1, -0.05) is 54.6 Å². The molecular formula is C23H30N2O2. The maximum absolute atomic E-state index is 13.1. The number of hydrogen-bond donors (Lipinski definition) is 1. The van der Waals surface area contributed by atoms with Gasteiger partial charge in [0.2, 0.25) is 11.8 Å². The van der Waals surface area contributed by atoms with Crippen LogP contribution in [0, 0.1) is 6.92 Å². The normalized spacial score (nSPS) is 12.3. The van der Waals surface area contributed by atoms with Gasteiger partial charge in [-0.2, -0.15) is 0 Å². The second-order valence-electron chi connectivity index (χ2n) is 8.03. The maximum Gasteiger partial charge on any atom is 0.242 e. The van der Waals surface area contributed by atoms with Crippen LogP contribution in [0.2, 0.25) is 0 Å². The highest BCUT2D eigenvalue weighted by Crippen LogP contribution is 2.15. The summed E-state index contributed by atoms with van der Waals surface area (Å²) in [6.45, 7) is 10.0. The largest absolute Gasteiger partial charge is 0.350 e. The first-order chi connectivity index (χ1) is 12.7. The summed E-state index contributed by atoms with van der Waals surface area (Å²) in [5.74, 6) is -0.193. The zero-order chi connectivity index (χ0) is 20.0. The minimum atomic E-state index is -0.555. The summed E-state index contributed by atoms with van der Waals surface area (Å²) in [5, 5.41) is 2.98. The molecular weight excluding hydrogens is 336 g/mol. The molecule has 4 nitrogen and oxygen atoms in total. The Bertz CT molecular complexity index is 778. The van der Waals surface area contributed by atoms with Gasteiger partial charge in [0, 0.05) is 12.1 Å². The molecule has 0 bridgehead atoms. The third-order valence-electron chi connectivity index (χ3n) is 4.46. The average Bonchev–Trinajstić information content (AvgIpc) is 2.60. The number of nitrogens with zero attached hydrogens (tertiary/aromatic N) is 1. The van der Waals surface area contributed by atoms with Gasteiger partial charge in [0.05, 0.1) is 6.42 Å². The van der Waals surface area contributed by atoms with E-state index in [2.05, 4.69) is 5.32 Å². The van der Waals surface area contributed by atoms with Gasteiger partial charge in [0.1, 0.15) is 6.04 Å². The molecule has 0 saturated heterocycles. The van der Waals surface area contributed by atoms with Crippen molar-refractivity contribution < 1.29 is 9.59 Å². The van der Waals surface area contributed by atoms with Crippen molar-refractivity contribution in [1.29, 1.82) is 0 Å². The monoisotopic (exact) mass is 366 g/mol. The molecule has 1 atom stereocenters. The van der Waals surface area contributed by atoms with Crippen molar-refractivity contribution in [3.63, 3.8) is 0 Å². The van der Waals surface area contributed by atoms with Crippen LogP contribution in [-0.2, 0) is 22.6 Å². The lowest BCUT2D eigenvalue weighted by atomic mass is 10.0. The number of carbonyl (C=O) groups excluding carboxylic acids is 2. The number of nitrogens with one attached hydrogen (secondary N) is 1. The number of aryl methyl sites for hydroxylation is 1. The molecule has 1 N–H and O–H groups in total. The van der Waals surface area contributed by atoms with Crippen LogP contribution in [0.15, 0.2) is 54.6 Å². The van der Waals surface area contributed by atoms with Crippen LogP contribution in [0.5, 0.6) is 0 Å². The predicted octanol–water partition coefficient (Wildman–Crippen LogP) is 3.87. The molecule has 0 aromatic heterocycles. The van der Waals surface area contributed by atoms with Gasteiger partial charge in [0.25, 0.3) is 0 Å². The first-order valence-corrected chi connectivity index (χ1v) is 9.37. The Balaban J connectivity index is 2.24. The van der Waals surface area contributed by atoms with Crippen LogP contribution >= 0.6 is 0 Å². The standard InChI is InChI=1S/C23H30N2O2/c1-17-11-9-10-14-20(17)15-21(26)25(16-19-12-7-6-8-13-19)18(2)22(27)24-23(3,4)5/h6-14,18H,15-16H2,1-5H3,(H,24,27)/t18-/m1/s1. The third kappa shape index (κ3) is 6.24. The van der Waals surface area contributed by atoms with E-state index in [1.807, 2.05) is 82.3 Å². The molecule has 2 amide bonds. The first kappa shape index (κ1) is 20.7. The summed E-state index contributed by atoms with van der Waals surface area (Å²) >= 11 is 0. The molecule has 4 heteroatoms. The molecule has 2 rings (SSSR count). The van der Waals surface area contributed by atoms with Crippen molar-refractivity contribution in [2.45, 2.75) is 59.2 Å². The molecule has 2 aromatic carbocycles. The lowest BCUT2D eigenvalue weighted by molar-refractivity contribution is -0.140. The van der Waals surface area contributed by atoms with Crippen LogP contribution in [0.1, 0.15) is 44.4 Å². The van der Waals surface area contributed by atoms with E-state index in [0.717, 1.165) is 16.7 Å². The summed E-state index contributed by atoms with van der Waals surface area (Å²) in [4.78, 5) is 27.5. The molecule has 0 heterocycles. The molecule has 0 aliphatic carbocycles. The van der Waals surface area contributed by atoms with E-state index < -0.39 is 6.04 Å². The topological polar surface area (TPSA) is 49.4 Å². The van der Waals surface area contributed by atoms with Crippen molar-refractivity contribution >= 4 is 11.8 Å². The Kier molecular flexibility index (Phi) is 6.78. The SMILES string of the molecule is Cc1ccccc1CC(=O)N(Cc1ccccc1)[C@H](C)C(=O)NC(C)(C)C. The number of amides is 2. The molecule has 0 unspecified atom stereocenters. The zero-order valence-corrected chi connectivity index (χ0v) is 17.0. The van der Waals surface area contributed by atoms with E-state index in [1.165, 1.54) is 0 Å². The van der Waals surface area contributed by atoms with Gasteiger partial charge in [-0.3, -0.25) is 9.59 Å². The molecule has 144 valence electrons. The fraction of sp³-hybridized carbons (Fsp3) is 0.391. The molecule has 27 heavy (non-hydrogen) atoms. The fourth-order valence-electron chi connectivity index (χ4n) is 2.91. The van der Waals surface area contributed by atoms with E-state index in [1.54, 1.807) is 11.8 Å². The van der Waals surface area contributed by atoms with E-state index in [0.29, 0.717) is 6.54 Å². The summed E-state index contributed by atoms with van der Waals surface area (Å²) in [6.07, 6.45) is 0.284. The average molecular weight is 367 g/mol. The summed E-state index contributed by atoms with van der Waals surface area (Å²) in [5.41, 5.74) is 2.73. The Labute approximate surface area is 162 Å². The van der Waals surface area contributed by atoms with Crippen molar-refractivity contribution in [2.75, 3.05) is 0 Å². The minimum Gasteiger partial charge on any atom is -0.350 e. The highest BCUT2D eigenvalue weighted by atomic mass is 16.2. The van der Waals surface area contributed by atoms with Gasteiger partial charge in [-0.25, -0.2) is 0 Å². The van der Waals surface area contributed by atoms with Gasteiger partial charge in [-0.15, -0.1) is 0 Å². The van der Waals surface area contributed by atoms with Gasteiger partial charge in [-0.05, 0) is 51.3 Å². The van der Waals surface area contributed by atoms with Crippen molar-refractivity contribution in [3.05, 3.63) is 71.3 Å². The van der Waals surface area contributed by atoms with Crippen LogP contribution < -0.4 is 5.32 Å². The molecule has 0 aliphatic rings. The first-order valence-electron chi connectivity index (χ1n) is 9.37. The summed E-state index contributed by atoms with van der Waals surface area (Å²) in [7, 11) is 0. The van der Waals surface area contributed by atoms with Crippen molar-refractivity contribution in [2.24, 2.45) is 0 Å². The van der Waals surface area contributed by atoms with Gasteiger partial charge >= 0.3 is 0 Å². The van der Waals surface area contributed by atoms with Crippen LogP contribution in [0.4, 0.5) is 0 Å². The second kappa shape index (κ2) is 8.85. The van der Waals surface area contributed by atoms with Crippen LogP contribution in [-0.4, -0.2) is 28.3 Å². The lowest BCUT2D eigenvalue weighted by Gasteiger charge is -2.31. The van der Waals surface area contributed by atoms with Crippen molar-refractivity contribution in [1.82, 2.24) is 10.2 Å². The van der Waals surface area contributed by atoms with E-state index in [4.69, 9.17) is 0 Å². The molecule has 2 aromatic rings. The lowest BCUT2D eigenvalue weighted by Crippen LogP contribution is -2.52. The fourth-order valence-corrected chi connectivity index (χ4v) is 2.91. The molecule has 0 spiro atoms. The summed E-state index contributed by atoms with van der Waals surface area (Å²) < 4.78 is 0. The van der Waals surface area contributed by atoms with E-state index >= 15 is 0 Å². The summed E-state index contributed by atoms with van der Waals surface area (Å²) in [6, 6.07) is 17.1. The minimum absolute atomic E-state index is 0.0512. The molecule has 0 aliphatic heterocycles. The smallest absolute Gasteiger partial charge is 0.242 e.